The summed E-state index contributed by atoms with van der Waals surface area (Å²) in [6, 6.07) is 5.33. The summed E-state index contributed by atoms with van der Waals surface area (Å²) in [5, 5.41) is 0.895. The van der Waals surface area contributed by atoms with Crippen LogP contribution in [0.2, 0.25) is 0 Å². The highest BCUT2D eigenvalue weighted by Gasteiger charge is 1.99. The Morgan fingerprint density at radius 2 is 2.00 bits per heavy atom. The van der Waals surface area contributed by atoms with Crippen LogP contribution in [-0.2, 0) is 0 Å². The molecule has 4 nitrogen and oxygen atoms in total. The second-order valence-corrected chi connectivity index (χ2v) is 2.96. The molecule has 0 aliphatic heterocycles. The second-order valence-electron chi connectivity index (χ2n) is 2.96. The topological polar surface area (TPSA) is 71.8 Å². The van der Waals surface area contributed by atoms with Crippen LogP contribution in [0.1, 0.15) is 19.4 Å². The molecule has 0 radical (unpaired) electrons. The van der Waals surface area contributed by atoms with Crippen LogP contribution in [0.25, 0.3) is 11.0 Å². The lowest BCUT2D eigenvalue weighted by atomic mass is 10.2. The molecule has 2 heterocycles. The number of aromatic nitrogens is 2. The minimum Gasteiger partial charge on any atom is -0.384 e. The van der Waals surface area contributed by atoms with Gasteiger partial charge in [-0.1, -0.05) is 13.8 Å². The number of pyridine rings is 2. The molecule has 0 spiro atoms. The van der Waals surface area contributed by atoms with Crippen LogP contribution in [0, 0.1) is 6.92 Å². The molecule has 80 valence electrons. The molecule has 2 rings (SSSR count). The molecule has 0 aromatic carbocycles. The maximum atomic E-state index is 11.2. The zero-order chi connectivity index (χ0) is 11.4. The third-order valence-corrected chi connectivity index (χ3v) is 1.91. The van der Waals surface area contributed by atoms with Gasteiger partial charge in [-0.05, 0) is 25.1 Å². The first-order valence-electron chi connectivity index (χ1n) is 4.93. The zero-order valence-corrected chi connectivity index (χ0v) is 9.16. The Bertz CT molecular complexity index is 517. The van der Waals surface area contributed by atoms with Crippen LogP contribution in [0.3, 0.4) is 0 Å². The number of hydrogen-bond donors (Lipinski definition) is 2. The molecule has 0 unspecified atom stereocenters. The first-order valence-corrected chi connectivity index (χ1v) is 4.93. The van der Waals surface area contributed by atoms with Crippen molar-refractivity contribution in [2.75, 3.05) is 5.73 Å². The number of hydrogen-bond acceptors (Lipinski definition) is 3. The maximum absolute atomic E-state index is 11.2. The van der Waals surface area contributed by atoms with E-state index in [1.807, 2.05) is 19.9 Å². The summed E-state index contributed by atoms with van der Waals surface area (Å²) in [6.45, 7) is 5.76. The van der Waals surface area contributed by atoms with Crippen molar-refractivity contribution in [3.05, 3.63) is 34.1 Å². The van der Waals surface area contributed by atoms with E-state index < -0.39 is 0 Å². The van der Waals surface area contributed by atoms with E-state index in [-0.39, 0.29) is 5.56 Å². The van der Waals surface area contributed by atoms with Gasteiger partial charge < -0.3 is 10.7 Å². The Morgan fingerprint density at radius 1 is 1.33 bits per heavy atom. The number of aryl methyl sites for hydroxylation is 1. The summed E-state index contributed by atoms with van der Waals surface area (Å²) in [7, 11) is 0. The number of nitrogen functional groups attached to an aromatic ring is 1. The second kappa shape index (κ2) is 4.59. The fourth-order valence-electron chi connectivity index (χ4n) is 1.21. The molecule has 2 aromatic heterocycles. The van der Waals surface area contributed by atoms with E-state index in [4.69, 9.17) is 5.73 Å². The highest BCUT2D eigenvalue weighted by molar-refractivity contribution is 5.76. The van der Waals surface area contributed by atoms with Crippen molar-refractivity contribution in [3.8, 4) is 0 Å². The monoisotopic (exact) mass is 205 g/mol. The first kappa shape index (κ1) is 11.2. The minimum atomic E-state index is -0.120. The molecule has 3 N–H and O–H groups in total. The molecule has 0 amide bonds. The Hall–Kier alpha value is -1.84. The average Bonchev–Trinajstić information content (AvgIpc) is 2.23. The summed E-state index contributed by atoms with van der Waals surface area (Å²) < 4.78 is 0. The van der Waals surface area contributed by atoms with Crippen molar-refractivity contribution < 1.29 is 0 Å². The van der Waals surface area contributed by atoms with Crippen LogP contribution < -0.4 is 11.3 Å². The number of nitrogens with two attached hydrogens (primary N) is 1. The molecule has 0 fully saturated rings. The summed E-state index contributed by atoms with van der Waals surface area (Å²) in [5.41, 5.74) is 6.58. The Kier molecular flexibility index (Phi) is 3.44. The van der Waals surface area contributed by atoms with Gasteiger partial charge in [0.15, 0.2) is 0 Å². The van der Waals surface area contributed by atoms with Crippen LogP contribution in [0.4, 0.5) is 5.82 Å². The van der Waals surface area contributed by atoms with Crippen molar-refractivity contribution in [1.29, 1.82) is 0 Å². The third-order valence-electron chi connectivity index (χ3n) is 1.91. The van der Waals surface area contributed by atoms with Crippen molar-refractivity contribution in [1.82, 2.24) is 9.97 Å². The van der Waals surface area contributed by atoms with Crippen LogP contribution in [0.5, 0.6) is 0 Å². The largest absolute Gasteiger partial charge is 0.384 e. The summed E-state index contributed by atoms with van der Waals surface area (Å²) >= 11 is 0. The lowest BCUT2D eigenvalue weighted by Gasteiger charge is -1.98. The predicted molar refractivity (Wildman–Crippen MR) is 62.9 cm³/mol. The van der Waals surface area contributed by atoms with E-state index in [1.165, 1.54) is 0 Å². The van der Waals surface area contributed by atoms with Crippen molar-refractivity contribution >= 4 is 16.9 Å². The quantitative estimate of drug-likeness (QED) is 0.689. The number of rotatable bonds is 0. The predicted octanol–water partition coefficient (Wildman–Crippen LogP) is 1.84. The number of H-pyrrole nitrogens is 1. The Morgan fingerprint density at radius 3 is 2.67 bits per heavy atom. The van der Waals surface area contributed by atoms with E-state index in [9.17, 15) is 4.79 Å². The summed E-state index contributed by atoms with van der Waals surface area (Å²) in [6.07, 6.45) is 0. The fraction of sp³-hybridized carbons (Fsp3) is 0.273. The molecule has 0 bridgehead atoms. The molecule has 0 aliphatic carbocycles. The van der Waals surface area contributed by atoms with Crippen molar-refractivity contribution in [3.63, 3.8) is 0 Å². The minimum absolute atomic E-state index is 0.120. The lowest BCUT2D eigenvalue weighted by molar-refractivity contribution is 1.19. The van der Waals surface area contributed by atoms with Gasteiger partial charge in [0.25, 0.3) is 5.56 Å². The number of fused-ring (bicyclic) bond motifs is 1. The molecular weight excluding hydrogens is 190 g/mol. The van der Waals surface area contributed by atoms with Crippen molar-refractivity contribution in [2.24, 2.45) is 0 Å². The Labute approximate surface area is 88.2 Å². The van der Waals surface area contributed by atoms with Crippen LogP contribution >= 0.6 is 0 Å². The van der Waals surface area contributed by atoms with E-state index in [0.29, 0.717) is 17.0 Å². The third kappa shape index (κ3) is 2.34. The van der Waals surface area contributed by atoms with Gasteiger partial charge >= 0.3 is 0 Å². The fourth-order valence-corrected chi connectivity index (χ4v) is 1.21. The van der Waals surface area contributed by atoms with Gasteiger partial charge in [-0.2, -0.15) is 0 Å². The van der Waals surface area contributed by atoms with Gasteiger partial charge in [0, 0.05) is 10.9 Å². The van der Waals surface area contributed by atoms with Gasteiger partial charge in [-0.3, -0.25) is 4.79 Å². The van der Waals surface area contributed by atoms with Crippen LogP contribution in [0.15, 0.2) is 23.0 Å². The van der Waals surface area contributed by atoms with Gasteiger partial charge in [0.05, 0.1) is 0 Å². The average molecular weight is 205 g/mol. The highest BCUT2D eigenvalue weighted by atomic mass is 16.1. The van der Waals surface area contributed by atoms with E-state index in [1.54, 1.807) is 19.1 Å². The van der Waals surface area contributed by atoms with E-state index in [2.05, 4.69) is 9.97 Å². The smallest absolute Gasteiger partial charge is 0.252 e. The highest BCUT2D eigenvalue weighted by Crippen LogP contribution is 2.09. The van der Waals surface area contributed by atoms with Crippen LogP contribution in [-0.4, -0.2) is 9.97 Å². The summed E-state index contributed by atoms with van der Waals surface area (Å²) in [4.78, 5) is 17.9. The van der Waals surface area contributed by atoms with E-state index >= 15 is 0 Å². The maximum Gasteiger partial charge on any atom is 0.252 e. The molecule has 0 atom stereocenters. The normalized spacial score (nSPS) is 9.53. The van der Waals surface area contributed by atoms with Gasteiger partial charge in [-0.25, -0.2) is 4.98 Å². The van der Waals surface area contributed by atoms with Gasteiger partial charge in [-0.15, -0.1) is 0 Å². The lowest BCUT2D eigenvalue weighted by Crippen LogP contribution is -2.09. The number of nitrogens with zero attached hydrogens (tertiary/aromatic N) is 1. The number of aromatic amines is 1. The molecule has 0 saturated heterocycles. The SMILES string of the molecule is CC.Cc1cc2ccc(N)nc2[nH]c1=O. The Balaban J connectivity index is 0.000000531. The molecule has 0 aliphatic rings. The van der Waals surface area contributed by atoms with E-state index in [0.717, 1.165) is 5.39 Å². The van der Waals surface area contributed by atoms with Crippen molar-refractivity contribution in [2.45, 2.75) is 20.8 Å². The standard InChI is InChI=1S/C9H9N3O.C2H6/c1-5-4-6-2-3-7(10)11-8(6)12-9(5)13;1-2/h2-4H,1H3,(H3,10,11,12,13);1-2H3. The summed E-state index contributed by atoms with van der Waals surface area (Å²) in [5.74, 6) is 0.409. The molecule has 15 heavy (non-hydrogen) atoms. The zero-order valence-electron chi connectivity index (χ0n) is 9.16. The molecular formula is C11H15N3O. The van der Waals surface area contributed by atoms with Gasteiger partial charge in [0.2, 0.25) is 0 Å². The first-order chi connectivity index (χ1) is 7.16. The van der Waals surface area contributed by atoms with Gasteiger partial charge in [0.1, 0.15) is 11.5 Å². The molecule has 2 aromatic rings. The molecule has 0 saturated carbocycles. The number of anilines is 1. The number of nitrogens with one attached hydrogen (secondary N) is 1. The molecule has 4 heteroatoms.